The first-order valence-electron chi connectivity index (χ1n) is 9.05. The van der Waals surface area contributed by atoms with Crippen molar-refractivity contribution in [2.24, 2.45) is 0 Å². The molecule has 0 spiro atoms. The minimum Gasteiger partial charge on any atom is -0.378 e. The van der Waals surface area contributed by atoms with Gasteiger partial charge in [0.15, 0.2) is 0 Å². The molecule has 5 heteroatoms. The van der Waals surface area contributed by atoms with Gasteiger partial charge in [0.1, 0.15) is 5.82 Å². The van der Waals surface area contributed by atoms with Gasteiger partial charge in [0, 0.05) is 19.2 Å². The number of carbonyl (C=O) groups excluding carboxylic acids is 1. The Balaban J connectivity index is 1.42. The van der Waals surface area contributed by atoms with Crippen molar-refractivity contribution in [1.82, 2.24) is 4.98 Å². The second kappa shape index (κ2) is 8.01. The lowest BCUT2D eigenvalue weighted by Crippen LogP contribution is -2.36. The van der Waals surface area contributed by atoms with Crippen molar-refractivity contribution in [1.29, 1.82) is 0 Å². The van der Waals surface area contributed by atoms with Gasteiger partial charge in [0.2, 0.25) is 5.91 Å². The fourth-order valence-corrected chi connectivity index (χ4v) is 3.20. The third kappa shape index (κ3) is 4.15. The topological polar surface area (TPSA) is 54.5 Å². The summed E-state index contributed by atoms with van der Waals surface area (Å²) in [5.41, 5.74) is 2.06. The highest BCUT2D eigenvalue weighted by Crippen LogP contribution is 2.20. The first-order valence-corrected chi connectivity index (χ1v) is 9.05. The van der Waals surface area contributed by atoms with Crippen molar-refractivity contribution >= 4 is 34.3 Å². The molecule has 5 nitrogen and oxygen atoms in total. The van der Waals surface area contributed by atoms with E-state index >= 15 is 0 Å². The third-order valence-corrected chi connectivity index (χ3v) is 4.61. The molecule has 27 heavy (non-hydrogen) atoms. The lowest BCUT2D eigenvalue weighted by Gasteiger charge is -2.28. The Morgan fingerprint density at radius 3 is 2.67 bits per heavy atom. The van der Waals surface area contributed by atoms with Crippen LogP contribution in [-0.2, 0) is 9.53 Å². The highest BCUT2D eigenvalue weighted by Gasteiger charge is 2.11. The van der Waals surface area contributed by atoms with Gasteiger partial charge in [-0.1, -0.05) is 42.5 Å². The Hall–Kier alpha value is -3.18. The Morgan fingerprint density at radius 1 is 1.04 bits per heavy atom. The summed E-state index contributed by atoms with van der Waals surface area (Å²) in [4.78, 5) is 18.8. The maximum atomic E-state index is 12.2. The van der Waals surface area contributed by atoms with Crippen molar-refractivity contribution in [3.05, 3.63) is 72.4 Å². The zero-order valence-corrected chi connectivity index (χ0v) is 15.0. The first-order chi connectivity index (χ1) is 13.3. The summed E-state index contributed by atoms with van der Waals surface area (Å²) in [5.74, 6) is 0.342. The number of ether oxygens (including phenoxy) is 1. The molecule has 0 atom stereocenters. The van der Waals surface area contributed by atoms with Gasteiger partial charge in [-0.3, -0.25) is 4.79 Å². The number of aromatic nitrogens is 1. The van der Waals surface area contributed by atoms with Crippen LogP contribution >= 0.6 is 0 Å². The van der Waals surface area contributed by atoms with Gasteiger partial charge in [-0.25, -0.2) is 4.98 Å². The summed E-state index contributed by atoms with van der Waals surface area (Å²) in [6.45, 7) is 3.19. The van der Waals surface area contributed by atoms with Crippen LogP contribution in [0.2, 0.25) is 0 Å². The quantitative estimate of drug-likeness (QED) is 0.722. The van der Waals surface area contributed by atoms with Crippen molar-refractivity contribution in [3.63, 3.8) is 0 Å². The number of hydrogen-bond acceptors (Lipinski definition) is 4. The second-order valence-corrected chi connectivity index (χ2v) is 6.39. The van der Waals surface area contributed by atoms with E-state index in [2.05, 4.69) is 33.4 Å². The number of morpholine rings is 1. The zero-order chi connectivity index (χ0) is 18.5. The number of benzene rings is 2. The van der Waals surface area contributed by atoms with E-state index in [1.54, 1.807) is 12.3 Å². The van der Waals surface area contributed by atoms with Crippen molar-refractivity contribution < 1.29 is 9.53 Å². The van der Waals surface area contributed by atoms with Gasteiger partial charge in [-0.05, 0) is 34.5 Å². The first kappa shape index (κ1) is 17.2. The monoisotopic (exact) mass is 359 g/mol. The summed E-state index contributed by atoms with van der Waals surface area (Å²) in [6, 6.07) is 18.0. The zero-order valence-electron chi connectivity index (χ0n) is 15.0. The summed E-state index contributed by atoms with van der Waals surface area (Å²) in [6.07, 6.45) is 5.16. The van der Waals surface area contributed by atoms with E-state index in [9.17, 15) is 4.79 Å². The Bertz CT molecular complexity index is 955. The minimum absolute atomic E-state index is 0.199. The lowest BCUT2D eigenvalue weighted by molar-refractivity contribution is -0.111. The molecular weight excluding hydrogens is 338 g/mol. The molecule has 1 aromatic heterocycles. The van der Waals surface area contributed by atoms with Crippen LogP contribution in [0, 0.1) is 0 Å². The SMILES string of the molecule is O=C(C=Cc1cccc2ccccc12)Nc1ccc(N2CCOCC2)cn1. The van der Waals surface area contributed by atoms with Crippen LogP contribution in [0.1, 0.15) is 5.56 Å². The maximum Gasteiger partial charge on any atom is 0.249 e. The number of carbonyl (C=O) groups is 1. The van der Waals surface area contributed by atoms with Crippen LogP contribution in [0.25, 0.3) is 16.8 Å². The van der Waals surface area contributed by atoms with Crippen LogP contribution in [0.3, 0.4) is 0 Å². The van der Waals surface area contributed by atoms with Crippen molar-refractivity contribution in [3.8, 4) is 0 Å². The highest BCUT2D eigenvalue weighted by molar-refractivity contribution is 6.03. The van der Waals surface area contributed by atoms with E-state index in [1.807, 2.05) is 42.5 Å². The van der Waals surface area contributed by atoms with E-state index in [0.29, 0.717) is 5.82 Å². The van der Waals surface area contributed by atoms with E-state index in [-0.39, 0.29) is 5.91 Å². The smallest absolute Gasteiger partial charge is 0.249 e. The van der Waals surface area contributed by atoms with E-state index < -0.39 is 0 Å². The van der Waals surface area contributed by atoms with E-state index in [1.165, 1.54) is 0 Å². The molecule has 1 fully saturated rings. The third-order valence-electron chi connectivity index (χ3n) is 4.61. The molecule has 4 rings (SSSR count). The number of rotatable bonds is 4. The van der Waals surface area contributed by atoms with Gasteiger partial charge in [0.05, 0.1) is 25.1 Å². The summed E-state index contributed by atoms with van der Waals surface area (Å²) in [5, 5.41) is 5.09. The van der Waals surface area contributed by atoms with Crippen LogP contribution < -0.4 is 10.2 Å². The fraction of sp³-hybridized carbons (Fsp3) is 0.182. The molecular formula is C22H21N3O2. The number of pyridine rings is 1. The molecule has 0 radical (unpaired) electrons. The summed E-state index contributed by atoms with van der Waals surface area (Å²) >= 11 is 0. The lowest BCUT2D eigenvalue weighted by atomic mass is 10.0. The van der Waals surface area contributed by atoms with Gasteiger partial charge in [-0.2, -0.15) is 0 Å². The Kier molecular flexibility index (Phi) is 5.12. The molecule has 1 aliphatic heterocycles. The number of fused-ring (bicyclic) bond motifs is 1. The predicted octanol–water partition coefficient (Wildman–Crippen LogP) is 3.72. The average Bonchev–Trinajstić information content (AvgIpc) is 2.73. The van der Waals surface area contributed by atoms with Crippen LogP contribution in [-0.4, -0.2) is 37.2 Å². The molecule has 0 saturated carbocycles. The second-order valence-electron chi connectivity index (χ2n) is 6.39. The van der Waals surface area contributed by atoms with Gasteiger partial charge in [-0.15, -0.1) is 0 Å². The number of amides is 1. The molecule has 2 aromatic carbocycles. The van der Waals surface area contributed by atoms with E-state index in [0.717, 1.165) is 48.3 Å². The standard InChI is InChI=1S/C22H21N3O2/c26-22(11-8-18-6-3-5-17-4-1-2-7-20(17)18)24-21-10-9-19(16-23-21)25-12-14-27-15-13-25/h1-11,16H,12-15H2,(H,23,24,26). The van der Waals surface area contributed by atoms with Gasteiger partial charge < -0.3 is 15.0 Å². The van der Waals surface area contributed by atoms with Crippen LogP contribution in [0.4, 0.5) is 11.5 Å². The fourth-order valence-electron chi connectivity index (χ4n) is 3.20. The Morgan fingerprint density at radius 2 is 1.85 bits per heavy atom. The number of anilines is 2. The highest BCUT2D eigenvalue weighted by atomic mass is 16.5. The maximum absolute atomic E-state index is 12.2. The van der Waals surface area contributed by atoms with Crippen LogP contribution in [0.15, 0.2) is 66.9 Å². The summed E-state index contributed by atoms with van der Waals surface area (Å²) in [7, 11) is 0. The predicted molar refractivity (Wildman–Crippen MR) is 109 cm³/mol. The largest absolute Gasteiger partial charge is 0.378 e. The molecule has 1 N–H and O–H groups in total. The van der Waals surface area contributed by atoms with Crippen LogP contribution in [0.5, 0.6) is 0 Å². The molecule has 3 aromatic rings. The number of hydrogen-bond donors (Lipinski definition) is 1. The number of nitrogens with zero attached hydrogens (tertiary/aromatic N) is 2. The average molecular weight is 359 g/mol. The van der Waals surface area contributed by atoms with E-state index in [4.69, 9.17) is 4.74 Å². The molecule has 136 valence electrons. The molecule has 0 bridgehead atoms. The minimum atomic E-state index is -0.199. The Labute approximate surface area is 158 Å². The van der Waals surface area contributed by atoms with Gasteiger partial charge in [0.25, 0.3) is 0 Å². The molecule has 0 aliphatic carbocycles. The molecule has 1 saturated heterocycles. The molecule has 0 unspecified atom stereocenters. The summed E-state index contributed by atoms with van der Waals surface area (Å²) < 4.78 is 5.36. The van der Waals surface area contributed by atoms with Gasteiger partial charge >= 0.3 is 0 Å². The van der Waals surface area contributed by atoms with Crippen molar-refractivity contribution in [2.45, 2.75) is 0 Å². The van der Waals surface area contributed by atoms with Crippen molar-refractivity contribution in [2.75, 3.05) is 36.5 Å². The molecule has 1 aliphatic rings. The molecule has 2 heterocycles. The molecule has 1 amide bonds. The number of nitrogens with one attached hydrogen (secondary N) is 1. The normalized spacial score (nSPS) is 14.6.